The van der Waals surface area contributed by atoms with Gasteiger partial charge in [0.15, 0.2) is 0 Å². The minimum Gasteiger partial charge on any atom is -0.496 e. The SMILES string of the molecule is COc1ccc(C(C)O)cc1CN(C)c1ccccc1F. The number of ether oxygens (including phenoxy) is 1. The summed E-state index contributed by atoms with van der Waals surface area (Å²) in [6, 6.07) is 12.2. The van der Waals surface area contributed by atoms with Gasteiger partial charge in [0.1, 0.15) is 11.6 Å². The third-order valence-electron chi connectivity index (χ3n) is 3.46. The van der Waals surface area contributed by atoms with Gasteiger partial charge in [0.05, 0.1) is 18.9 Å². The summed E-state index contributed by atoms with van der Waals surface area (Å²) in [4.78, 5) is 1.82. The molecule has 0 saturated heterocycles. The van der Waals surface area contributed by atoms with Crippen LogP contribution >= 0.6 is 0 Å². The standard InChI is InChI=1S/C17H20FNO2/c1-12(20)13-8-9-17(21-3)14(10-13)11-19(2)16-7-5-4-6-15(16)18/h4-10,12,20H,11H2,1-3H3. The summed E-state index contributed by atoms with van der Waals surface area (Å²) in [5.41, 5.74) is 2.25. The molecule has 1 unspecified atom stereocenters. The number of rotatable bonds is 5. The van der Waals surface area contributed by atoms with Gasteiger partial charge in [-0.25, -0.2) is 4.39 Å². The Morgan fingerprint density at radius 3 is 2.57 bits per heavy atom. The highest BCUT2D eigenvalue weighted by atomic mass is 19.1. The third-order valence-corrected chi connectivity index (χ3v) is 3.46. The van der Waals surface area contributed by atoms with Crippen LogP contribution in [0.25, 0.3) is 0 Å². The van der Waals surface area contributed by atoms with Gasteiger partial charge >= 0.3 is 0 Å². The summed E-state index contributed by atoms with van der Waals surface area (Å²) < 4.78 is 19.2. The first-order valence-electron chi connectivity index (χ1n) is 6.83. The molecule has 112 valence electrons. The molecule has 0 aliphatic carbocycles. The van der Waals surface area contributed by atoms with E-state index in [-0.39, 0.29) is 5.82 Å². The predicted molar refractivity (Wildman–Crippen MR) is 82.1 cm³/mol. The van der Waals surface area contributed by atoms with E-state index in [4.69, 9.17) is 4.74 Å². The van der Waals surface area contributed by atoms with Crippen molar-refractivity contribution in [3.05, 3.63) is 59.4 Å². The lowest BCUT2D eigenvalue weighted by molar-refractivity contribution is 0.199. The molecule has 0 spiro atoms. The lowest BCUT2D eigenvalue weighted by atomic mass is 10.1. The summed E-state index contributed by atoms with van der Waals surface area (Å²) in [6.45, 7) is 2.21. The Morgan fingerprint density at radius 1 is 1.24 bits per heavy atom. The van der Waals surface area contributed by atoms with Gasteiger partial charge in [-0.3, -0.25) is 0 Å². The van der Waals surface area contributed by atoms with E-state index in [9.17, 15) is 9.50 Å². The van der Waals surface area contributed by atoms with Crippen LogP contribution in [0.2, 0.25) is 0 Å². The zero-order chi connectivity index (χ0) is 15.4. The van der Waals surface area contributed by atoms with Gasteiger partial charge in [0.2, 0.25) is 0 Å². The third kappa shape index (κ3) is 3.52. The molecule has 2 rings (SSSR count). The first-order chi connectivity index (χ1) is 10.0. The fraction of sp³-hybridized carbons (Fsp3) is 0.294. The molecule has 3 nitrogen and oxygen atoms in total. The average Bonchev–Trinajstić information content (AvgIpc) is 2.47. The van der Waals surface area contributed by atoms with Crippen molar-refractivity contribution in [2.45, 2.75) is 19.6 Å². The maximum absolute atomic E-state index is 13.8. The smallest absolute Gasteiger partial charge is 0.146 e. The maximum atomic E-state index is 13.8. The molecule has 0 aliphatic rings. The highest BCUT2D eigenvalue weighted by molar-refractivity contribution is 5.49. The van der Waals surface area contributed by atoms with E-state index in [1.54, 1.807) is 32.2 Å². The first-order valence-corrected chi connectivity index (χ1v) is 6.83. The van der Waals surface area contributed by atoms with Gasteiger partial charge in [-0.05, 0) is 36.8 Å². The Bertz CT molecular complexity index is 613. The number of aliphatic hydroxyl groups excluding tert-OH is 1. The second-order valence-electron chi connectivity index (χ2n) is 5.05. The van der Waals surface area contributed by atoms with Gasteiger partial charge in [0, 0.05) is 19.2 Å². The number of aliphatic hydroxyl groups is 1. The summed E-state index contributed by atoms with van der Waals surface area (Å²) in [7, 11) is 3.43. The van der Waals surface area contributed by atoms with Crippen molar-refractivity contribution in [2.24, 2.45) is 0 Å². The predicted octanol–water partition coefficient (Wildman–Crippen LogP) is 3.52. The van der Waals surface area contributed by atoms with Gasteiger partial charge in [0.25, 0.3) is 0 Å². The van der Waals surface area contributed by atoms with Crippen LogP contribution in [-0.4, -0.2) is 19.3 Å². The number of anilines is 1. The number of para-hydroxylation sites is 1. The Hall–Kier alpha value is -2.07. The van der Waals surface area contributed by atoms with Crippen LogP contribution in [0.15, 0.2) is 42.5 Å². The highest BCUT2D eigenvalue weighted by Crippen LogP contribution is 2.27. The van der Waals surface area contributed by atoms with Crippen LogP contribution < -0.4 is 9.64 Å². The number of nitrogens with zero attached hydrogens (tertiary/aromatic N) is 1. The van der Waals surface area contributed by atoms with Gasteiger partial charge in [-0.15, -0.1) is 0 Å². The fourth-order valence-electron chi connectivity index (χ4n) is 2.28. The largest absolute Gasteiger partial charge is 0.496 e. The molecule has 21 heavy (non-hydrogen) atoms. The first kappa shape index (κ1) is 15.3. The van der Waals surface area contributed by atoms with Crippen LogP contribution in [0.5, 0.6) is 5.75 Å². The van der Waals surface area contributed by atoms with Crippen LogP contribution in [0, 0.1) is 5.82 Å². The molecule has 2 aromatic rings. The highest BCUT2D eigenvalue weighted by Gasteiger charge is 2.12. The number of hydrogen-bond donors (Lipinski definition) is 1. The minimum atomic E-state index is -0.548. The molecule has 0 amide bonds. The van der Waals surface area contributed by atoms with Crippen LogP contribution in [-0.2, 0) is 6.54 Å². The molecule has 0 fully saturated rings. The van der Waals surface area contributed by atoms with Gasteiger partial charge < -0.3 is 14.7 Å². The van der Waals surface area contributed by atoms with E-state index >= 15 is 0 Å². The zero-order valence-electron chi connectivity index (χ0n) is 12.5. The number of benzene rings is 2. The van der Waals surface area contributed by atoms with Gasteiger partial charge in [-0.2, -0.15) is 0 Å². The summed E-state index contributed by atoms with van der Waals surface area (Å²) in [6.07, 6.45) is -0.548. The minimum absolute atomic E-state index is 0.259. The summed E-state index contributed by atoms with van der Waals surface area (Å²) >= 11 is 0. The van der Waals surface area contributed by atoms with Crippen molar-refractivity contribution in [3.8, 4) is 5.75 Å². The molecule has 0 bridgehead atoms. The van der Waals surface area contributed by atoms with Crippen molar-refractivity contribution >= 4 is 5.69 Å². The van der Waals surface area contributed by atoms with E-state index in [2.05, 4.69) is 0 Å². The quantitative estimate of drug-likeness (QED) is 0.914. The maximum Gasteiger partial charge on any atom is 0.146 e. The van der Waals surface area contributed by atoms with Crippen LogP contribution in [0.1, 0.15) is 24.2 Å². The molecular weight excluding hydrogens is 269 g/mol. The molecule has 1 atom stereocenters. The summed E-state index contributed by atoms with van der Waals surface area (Å²) in [5.74, 6) is 0.466. The molecule has 0 saturated carbocycles. The van der Waals surface area contributed by atoms with Gasteiger partial charge in [-0.1, -0.05) is 18.2 Å². The molecule has 0 heterocycles. The summed E-state index contributed by atoms with van der Waals surface area (Å²) in [5, 5.41) is 9.69. The van der Waals surface area contributed by atoms with E-state index in [1.807, 2.05) is 30.1 Å². The van der Waals surface area contributed by atoms with Crippen molar-refractivity contribution in [1.29, 1.82) is 0 Å². The molecular formula is C17H20FNO2. The second kappa shape index (κ2) is 6.59. The zero-order valence-corrected chi connectivity index (χ0v) is 12.5. The van der Waals surface area contributed by atoms with E-state index in [0.717, 1.165) is 16.9 Å². The lowest BCUT2D eigenvalue weighted by Gasteiger charge is -2.22. The molecule has 4 heteroatoms. The Morgan fingerprint density at radius 2 is 1.95 bits per heavy atom. The molecule has 2 aromatic carbocycles. The molecule has 0 radical (unpaired) electrons. The van der Waals surface area contributed by atoms with Crippen LogP contribution in [0.4, 0.5) is 10.1 Å². The Balaban J connectivity index is 2.29. The number of hydrogen-bond acceptors (Lipinski definition) is 3. The van der Waals surface area contributed by atoms with Crippen molar-refractivity contribution in [3.63, 3.8) is 0 Å². The van der Waals surface area contributed by atoms with E-state index < -0.39 is 6.10 Å². The Labute approximate surface area is 124 Å². The monoisotopic (exact) mass is 289 g/mol. The molecule has 0 aromatic heterocycles. The van der Waals surface area contributed by atoms with Crippen molar-refractivity contribution in [2.75, 3.05) is 19.1 Å². The number of methoxy groups -OCH3 is 1. The average molecular weight is 289 g/mol. The Kier molecular flexibility index (Phi) is 4.81. The molecule has 0 aliphatic heterocycles. The van der Waals surface area contributed by atoms with Crippen LogP contribution in [0.3, 0.4) is 0 Å². The normalized spacial score (nSPS) is 12.0. The fourth-order valence-corrected chi connectivity index (χ4v) is 2.28. The van der Waals surface area contributed by atoms with Crippen molar-refractivity contribution in [1.82, 2.24) is 0 Å². The number of halogens is 1. The topological polar surface area (TPSA) is 32.7 Å². The molecule has 1 N–H and O–H groups in total. The van der Waals surface area contributed by atoms with Crippen molar-refractivity contribution < 1.29 is 14.2 Å². The second-order valence-corrected chi connectivity index (χ2v) is 5.05. The van der Waals surface area contributed by atoms with E-state index in [1.165, 1.54) is 6.07 Å². The van der Waals surface area contributed by atoms with E-state index in [0.29, 0.717) is 12.2 Å². The lowest BCUT2D eigenvalue weighted by Crippen LogP contribution is -2.18.